The lowest BCUT2D eigenvalue weighted by Gasteiger charge is -2.43. The van der Waals surface area contributed by atoms with E-state index >= 15 is 0 Å². The van der Waals surface area contributed by atoms with E-state index in [9.17, 15) is 20.0 Å². The van der Waals surface area contributed by atoms with Crippen molar-refractivity contribution in [3.05, 3.63) is 83.4 Å². The zero-order chi connectivity index (χ0) is 37.8. The predicted octanol–water partition coefficient (Wildman–Crippen LogP) is 7.89. The number of nitrogens with zero attached hydrogens (tertiary/aromatic N) is 5. The number of benzene rings is 3. The molecule has 272 valence electrons. The van der Waals surface area contributed by atoms with Crippen LogP contribution in [-0.2, 0) is 31.1 Å². The van der Waals surface area contributed by atoms with E-state index in [1.54, 1.807) is 32.0 Å². The first-order valence-electron chi connectivity index (χ1n) is 17.8. The molecule has 2 amide bonds. The minimum Gasteiger partial charge on any atom is -0.386 e. The van der Waals surface area contributed by atoms with Crippen LogP contribution in [0.2, 0.25) is 0 Å². The Labute approximate surface area is 305 Å². The predicted molar refractivity (Wildman–Crippen MR) is 203 cm³/mol. The molecule has 0 bridgehead atoms. The van der Waals surface area contributed by atoms with Crippen LogP contribution in [0, 0.1) is 16.7 Å². The number of carbonyl (C=O) groups is 2. The Kier molecular flexibility index (Phi) is 9.31. The van der Waals surface area contributed by atoms with Crippen molar-refractivity contribution in [1.29, 1.82) is 5.26 Å². The van der Waals surface area contributed by atoms with Crippen molar-refractivity contribution in [2.75, 3.05) is 10.6 Å². The average Bonchev–Trinajstić information content (AvgIpc) is 3.58. The molecule has 11 heteroatoms. The number of rotatable bonds is 9. The Bertz CT molecular complexity index is 2190. The van der Waals surface area contributed by atoms with Gasteiger partial charge in [-0.3, -0.25) is 20.2 Å². The number of ether oxygens (including phenoxy) is 1. The van der Waals surface area contributed by atoms with Crippen LogP contribution in [0.3, 0.4) is 0 Å². The van der Waals surface area contributed by atoms with Crippen LogP contribution in [-0.4, -0.2) is 42.1 Å². The number of hydrogen-bond acceptors (Lipinski definition) is 7. The molecule has 0 spiro atoms. The van der Waals surface area contributed by atoms with Gasteiger partial charge in [-0.1, -0.05) is 57.2 Å². The molecular formula is C41H49N7O4. The Morgan fingerprint density at radius 1 is 0.846 bits per heavy atom. The van der Waals surface area contributed by atoms with Crippen LogP contribution in [0.1, 0.15) is 104 Å². The number of aliphatic hydroxyl groups is 1. The Hall–Kier alpha value is -5.05. The minimum atomic E-state index is -1.06. The van der Waals surface area contributed by atoms with Gasteiger partial charge in [-0.15, -0.1) is 0 Å². The van der Waals surface area contributed by atoms with Crippen LogP contribution in [0.15, 0.2) is 66.7 Å². The molecule has 1 saturated carbocycles. The maximum Gasteiger partial charge on any atom is 0.232 e. The number of nitriles is 1. The monoisotopic (exact) mass is 703 g/mol. The summed E-state index contributed by atoms with van der Waals surface area (Å²) in [5.74, 6) is 0.464. The lowest BCUT2D eigenvalue weighted by atomic mass is 9.85. The van der Waals surface area contributed by atoms with Crippen LogP contribution >= 0.6 is 0 Å². The summed E-state index contributed by atoms with van der Waals surface area (Å²) in [5, 5.41) is 26.4. The van der Waals surface area contributed by atoms with Crippen molar-refractivity contribution >= 4 is 45.8 Å². The first-order chi connectivity index (χ1) is 24.3. The number of fused-ring (bicyclic) bond motifs is 2. The fourth-order valence-corrected chi connectivity index (χ4v) is 6.82. The molecule has 1 fully saturated rings. The minimum absolute atomic E-state index is 0.0326. The second kappa shape index (κ2) is 13.2. The van der Waals surface area contributed by atoms with E-state index in [1.807, 2.05) is 102 Å². The summed E-state index contributed by atoms with van der Waals surface area (Å²) in [6.07, 6.45) is 1.10. The van der Waals surface area contributed by atoms with E-state index in [4.69, 9.17) is 14.7 Å². The zero-order valence-corrected chi connectivity index (χ0v) is 31.5. The van der Waals surface area contributed by atoms with Gasteiger partial charge in [0.15, 0.2) is 0 Å². The molecule has 3 N–H and O–H groups in total. The van der Waals surface area contributed by atoms with Crippen molar-refractivity contribution < 1.29 is 19.4 Å². The molecule has 52 heavy (non-hydrogen) atoms. The van der Waals surface area contributed by atoms with Gasteiger partial charge in [0.2, 0.25) is 23.7 Å². The first kappa shape index (κ1) is 36.7. The van der Waals surface area contributed by atoms with E-state index in [2.05, 4.69) is 21.3 Å². The molecule has 1 unspecified atom stereocenters. The molecule has 0 aliphatic heterocycles. The molecule has 1 aliphatic rings. The van der Waals surface area contributed by atoms with Gasteiger partial charge >= 0.3 is 0 Å². The van der Waals surface area contributed by atoms with Crippen LogP contribution in [0.4, 0.5) is 11.9 Å². The molecule has 6 rings (SSSR count). The van der Waals surface area contributed by atoms with Gasteiger partial charge in [-0.05, 0) is 95.8 Å². The highest BCUT2D eigenvalue weighted by atomic mass is 16.5. The van der Waals surface area contributed by atoms with Crippen LogP contribution in [0.5, 0.6) is 0 Å². The molecule has 0 saturated heterocycles. The number of nitrogens with one attached hydrogen (secondary N) is 2. The smallest absolute Gasteiger partial charge is 0.232 e. The molecule has 11 nitrogen and oxygen atoms in total. The van der Waals surface area contributed by atoms with Crippen LogP contribution in [0.25, 0.3) is 22.1 Å². The highest BCUT2D eigenvalue weighted by molar-refractivity contribution is 5.95. The number of aromatic nitrogens is 4. The summed E-state index contributed by atoms with van der Waals surface area (Å²) >= 11 is 0. The SMILES string of the molecule is CC(C)(C)C(=O)Nc1nc2ccc(C(C)(C)O)cc2n1C1CC(OC(C)(CC(=O)Nc2nc3ccc(C#N)cc3n2C(C)(C)C)c2ccccc2)C1. The highest BCUT2D eigenvalue weighted by Gasteiger charge is 2.41. The third kappa shape index (κ3) is 7.31. The molecule has 1 atom stereocenters. The molecule has 0 radical (unpaired) electrons. The fourth-order valence-electron chi connectivity index (χ4n) is 6.82. The standard InChI is InChI=1S/C41H49N7O4/c1-38(2,3)35(50)46-36-43-30-18-16-27(40(7,8)51)20-32(30)47(36)28-21-29(22-28)52-41(9,26-13-11-10-12-14-26)23-34(49)45-37-44-31-17-15-25(24-42)19-33(31)48(37)39(4,5)6/h10-20,28-29,51H,21-23H2,1-9H3,(H,43,46,50)(H,44,45,49). The van der Waals surface area contributed by atoms with Gasteiger partial charge in [-0.2, -0.15) is 5.26 Å². The van der Waals surface area contributed by atoms with E-state index in [1.165, 1.54) is 0 Å². The Morgan fingerprint density at radius 2 is 1.48 bits per heavy atom. The van der Waals surface area contributed by atoms with Crippen molar-refractivity contribution in [1.82, 2.24) is 19.1 Å². The van der Waals surface area contributed by atoms with Crippen LogP contribution < -0.4 is 10.6 Å². The molecule has 1 aliphatic carbocycles. The molecule has 3 aromatic carbocycles. The second-order valence-electron chi connectivity index (χ2n) is 16.7. The lowest BCUT2D eigenvalue weighted by molar-refractivity contribution is -0.146. The van der Waals surface area contributed by atoms with E-state index in [0.29, 0.717) is 35.8 Å². The molecule has 2 heterocycles. The van der Waals surface area contributed by atoms with Gasteiger partial charge in [0, 0.05) is 17.0 Å². The molecule has 5 aromatic rings. The summed E-state index contributed by atoms with van der Waals surface area (Å²) in [6, 6.07) is 22.9. The van der Waals surface area contributed by atoms with Crippen molar-refractivity contribution in [3.63, 3.8) is 0 Å². The summed E-state index contributed by atoms with van der Waals surface area (Å²) in [6.45, 7) is 17.1. The lowest BCUT2D eigenvalue weighted by Crippen LogP contribution is -2.42. The third-order valence-corrected chi connectivity index (χ3v) is 9.75. The number of hydrogen-bond donors (Lipinski definition) is 3. The third-order valence-electron chi connectivity index (χ3n) is 9.75. The maximum atomic E-state index is 13.9. The van der Waals surface area contributed by atoms with Gasteiger partial charge in [0.05, 0.1) is 57.4 Å². The summed E-state index contributed by atoms with van der Waals surface area (Å²) in [5.41, 5.74) is 2.05. The highest BCUT2D eigenvalue weighted by Crippen LogP contribution is 2.44. The van der Waals surface area contributed by atoms with Crippen molar-refractivity contribution in [2.24, 2.45) is 5.41 Å². The number of amides is 2. The van der Waals surface area contributed by atoms with Crippen molar-refractivity contribution in [3.8, 4) is 6.07 Å². The average molecular weight is 704 g/mol. The Morgan fingerprint density at radius 3 is 2.10 bits per heavy atom. The quantitative estimate of drug-likeness (QED) is 0.141. The number of carbonyl (C=O) groups excluding carboxylic acids is 2. The summed E-state index contributed by atoms with van der Waals surface area (Å²) in [7, 11) is 0. The maximum absolute atomic E-state index is 13.9. The fraction of sp³-hybridized carbons (Fsp3) is 0.439. The normalized spacial score (nSPS) is 17.7. The van der Waals surface area contributed by atoms with Crippen molar-refractivity contribution in [2.45, 2.75) is 110 Å². The van der Waals surface area contributed by atoms with E-state index in [-0.39, 0.29) is 30.4 Å². The molecule has 2 aromatic heterocycles. The Balaban J connectivity index is 1.27. The topological polar surface area (TPSA) is 147 Å². The summed E-state index contributed by atoms with van der Waals surface area (Å²) in [4.78, 5) is 36.6. The first-order valence-corrected chi connectivity index (χ1v) is 17.8. The summed E-state index contributed by atoms with van der Waals surface area (Å²) < 4.78 is 10.9. The van der Waals surface area contributed by atoms with Gasteiger partial charge < -0.3 is 19.0 Å². The largest absolute Gasteiger partial charge is 0.386 e. The van der Waals surface area contributed by atoms with Gasteiger partial charge in [0.1, 0.15) is 0 Å². The van der Waals surface area contributed by atoms with Gasteiger partial charge in [-0.25, -0.2) is 9.97 Å². The zero-order valence-electron chi connectivity index (χ0n) is 31.5. The van der Waals surface area contributed by atoms with E-state index in [0.717, 1.165) is 27.7 Å². The molecular weight excluding hydrogens is 654 g/mol. The second-order valence-corrected chi connectivity index (χ2v) is 16.7. The van der Waals surface area contributed by atoms with Gasteiger partial charge in [0.25, 0.3) is 0 Å². The number of imidazole rings is 2. The number of anilines is 2. The van der Waals surface area contributed by atoms with E-state index < -0.39 is 22.2 Å².